The zero-order valence-corrected chi connectivity index (χ0v) is 8.06. The average molecular weight is 177 g/mol. The predicted molar refractivity (Wildman–Crippen MR) is 52.1 cm³/mol. The molecule has 0 radical (unpaired) electrons. The van der Waals surface area contributed by atoms with Gasteiger partial charge in [0.1, 0.15) is 0 Å². The van der Waals surface area contributed by atoms with Crippen molar-refractivity contribution in [2.24, 2.45) is 0 Å². The molecule has 0 saturated heterocycles. The lowest BCUT2D eigenvalue weighted by atomic mass is 10.2. The molecule has 0 saturated carbocycles. The summed E-state index contributed by atoms with van der Waals surface area (Å²) >= 11 is 1.61. The van der Waals surface area contributed by atoms with Gasteiger partial charge in [0.2, 0.25) is 0 Å². The lowest BCUT2D eigenvalue weighted by Crippen LogP contribution is -1.90. The van der Waals surface area contributed by atoms with E-state index in [0.29, 0.717) is 0 Å². The maximum absolute atomic E-state index is 8.62. The number of rotatable bonds is 2. The predicted octanol–water partition coefficient (Wildman–Crippen LogP) is 3.00. The molecular weight excluding hydrogens is 166 g/mol. The van der Waals surface area contributed by atoms with E-state index in [0.717, 1.165) is 0 Å². The molecule has 0 fully saturated rings. The summed E-state index contributed by atoms with van der Waals surface area (Å²) < 4.78 is 0. The van der Waals surface area contributed by atoms with Crippen molar-refractivity contribution in [3.05, 3.63) is 29.8 Å². The van der Waals surface area contributed by atoms with E-state index in [-0.39, 0.29) is 5.25 Å². The zero-order valence-electron chi connectivity index (χ0n) is 7.24. The van der Waals surface area contributed by atoms with E-state index in [1.807, 2.05) is 25.1 Å². The van der Waals surface area contributed by atoms with Crippen LogP contribution in [0.4, 0.5) is 0 Å². The largest absolute Gasteiger partial charge is 0.197 e. The molecular formula is C10H11NS. The van der Waals surface area contributed by atoms with Crippen LogP contribution in [0.5, 0.6) is 0 Å². The summed E-state index contributed by atoms with van der Waals surface area (Å²) in [7, 11) is 0. The summed E-state index contributed by atoms with van der Waals surface area (Å²) in [5, 5.41) is 8.65. The molecule has 1 aromatic rings. The number of hydrogen-bond donors (Lipinski definition) is 0. The minimum Gasteiger partial charge on any atom is -0.197 e. The van der Waals surface area contributed by atoms with Crippen LogP contribution in [-0.4, -0.2) is 5.25 Å². The summed E-state index contributed by atoms with van der Waals surface area (Å²) in [5.74, 6) is 0. The molecule has 1 nitrogen and oxygen atoms in total. The van der Waals surface area contributed by atoms with Gasteiger partial charge in [-0.3, -0.25) is 0 Å². The lowest BCUT2D eigenvalue weighted by Gasteiger charge is -2.04. The molecule has 0 bridgehead atoms. The van der Waals surface area contributed by atoms with Crippen LogP contribution in [-0.2, 0) is 0 Å². The Kier molecular flexibility index (Phi) is 3.19. The molecule has 0 aliphatic carbocycles. The molecule has 12 heavy (non-hydrogen) atoms. The number of hydrogen-bond acceptors (Lipinski definition) is 2. The van der Waals surface area contributed by atoms with Crippen molar-refractivity contribution in [1.29, 1.82) is 5.26 Å². The fraction of sp³-hybridized carbons (Fsp3) is 0.300. The Morgan fingerprint density at radius 2 is 2.08 bits per heavy atom. The second-order valence-electron chi connectivity index (χ2n) is 2.65. The fourth-order valence-electron chi connectivity index (χ4n) is 0.905. The van der Waals surface area contributed by atoms with Gasteiger partial charge >= 0.3 is 0 Å². The van der Waals surface area contributed by atoms with E-state index in [1.165, 1.54) is 10.5 Å². The highest BCUT2D eigenvalue weighted by Gasteiger charge is 2.03. The lowest BCUT2D eigenvalue weighted by molar-refractivity contribution is 1.22. The maximum Gasteiger partial charge on any atom is 0.0935 e. The summed E-state index contributed by atoms with van der Waals surface area (Å²) in [4.78, 5) is 1.20. The number of aryl methyl sites for hydroxylation is 1. The number of nitrogens with zero attached hydrogens (tertiary/aromatic N) is 1. The van der Waals surface area contributed by atoms with Crippen LogP contribution < -0.4 is 0 Å². The SMILES string of the molecule is Cc1ccccc1SC(C)C#N. The van der Waals surface area contributed by atoms with Crippen LogP contribution in [0.2, 0.25) is 0 Å². The molecule has 1 rings (SSSR count). The molecule has 1 unspecified atom stereocenters. The molecule has 0 spiro atoms. The van der Waals surface area contributed by atoms with E-state index in [1.54, 1.807) is 11.8 Å². The molecule has 0 aliphatic rings. The van der Waals surface area contributed by atoms with Crippen molar-refractivity contribution in [3.8, 4) is 6.07 Å². The summed E-state index contributed by atoms with van der Waals surface area (Å²) in [5.41, 5.74) is 1.24. The van der Waals surface area contributed by atoms with Gasteiger partial charge in [0.15, 0.2) is 0 Å². The van der Waals surface area contributed by atoms with Crippen LogP contribution in [0.15, 0.2) is 29.2 Å². The first-order chi connectivity index (χ1) is 5.74. The molecule has 1 atom stereocenters. The normalized spacial score (nSPS) is 12.1. The minimum absolute atomic E-state index is 0.0334. The number of benzene rings is 1. The maximum atomic E-state index is 8.62. The van der Waals surface area contributed by atoms with Gasteiger partial charge in [-0.25, -0.2) is 0 Å². The summed E-state index contributed by atoms with van der Waals surface area (Å²) in [6.45, 7) is 3.98. The van der Waals surface area contributed by atoms with E-state index >= 15 is 0 Å². The highest BCUT2D eigenvalue weighted by molar-refractivity contribution is 8.00. The zero-order chi connectivity index (χ0) is 8.97. The molecule has 62 valence electrons. The third-order valence-corrected chi connectivity index (χ3v) is 2.75. The molecule has 0 heterocycles. The Labute approximate surface area is 77.4 Å². The van der Waals surface area contributed by atoms with Crippen LogP contribution >= 0.6 is 11.8 Å². The van der Waals surface area contributed by atoms with Crippen molar-refractivity contribution in [2.45, 2.75) is 24.0 Å². The standard InChI is InChI=1S/C10H11NS/c1-8-5-3-4-6-10(8)12-9(2)7-11/h3-6,9H,1-2H3. The Bertz CT molecular complexity index is 301. The van der Waals surface area contributed by atoms with Crippen molar-refractivity contribution < 1.29 is 0 Å². The Balaban J connectivity index is 2.77. The topological polar surface area (TPSA) is 23.8 Å². The Morgan fingerprint density at radius 1 is 1.42 bits per heavy atom. The molecule has 0 amide bonds. The van der Waals surface area contributed by atoms with Crippen LogP contribution in [0.3, 0.4) is 0 Å². The van der Waals surface area contributed by atoms with Crippen LogP contribution in [0, 0.1) is 18.3 Å². The number of thioether (sulfide) groups is 1. The third-order valence-electron chi connectivity index (χ3n) is 1.58. The van der Waals surface area contributed by atoms with E-state index < -0.39 is 0 Å². The molecule has 2 heteroatoms. The Morgan fingerprint density at radius 3 is 2.67 bits per heavy atom. The van der Waals surface area contributed by atoms with Gasteiger partial charge in [-0.2, -0.15) is 5.26 Å². The smallest absolute Gasteiger partial charge is 0.0935 e. The van der Waals surface area contributed by atoms with Gasteiger partial charge in [0.05, 0.1) is 11.3 Å². The first-order valence-corrected chi connectivity index (χ1v) is 4.74. The first kappa shape index (κ1) is 9.15. The van der Waals surface area contributed by atoms with E-state index in [4.69, 9.17) is 5.26 Å². The van der Waals surface area contributed by atoms with E-state index in [9.17, 15) is 0 Å². The third kappa shape index (κ3) is 2.28. The van der Waals surface area contributed by atoms with Crippen LogP contribution in [0.25, 0.3) is 0 Å². The molecule has 1 aromatic carbocycles. The van der Waals surface area contributed by atoms with Crippen molar-refractivity contribution in [1.82, 2.24) is 0 Å². The first-order valence-electron chi connectivity index (χ1n) is 3.86. The van der Waals surface area contributed by atoms with Crippen LogP contribution in [0.1, 0.15) is 12.5 Å². The van der Waals surface area contributed by atoms with Gasteiger partial charge in [-0.1, -0.05) is 18.2 Å². The highest BCUT2D eigenvalue weighted by Crippen LogP contribution is 2.25. The van der Waals surface area contributed by atoms with Gasteiger partial charge < -0.3 is 0 Å². The highest BCUT2D eigenvalue weighted by atomic mass is 32.2. The van der Waals surface area contributed by atoms with Crippen molar-refractivity contribution in [2.75, 3.05) is 0 Å². The number of nitriles is 1. The summed E-state index contributed by atoms with van der Waals surface area (Å²) in [6, 6.07) is 10.3. The van der Waals surface area contributed by atoms with Gasteiger partial charge in [-0.15, -0.1) is 11.8 Å². The van der Waals surface area contributed by atoms with Gasteiger partial charge in [0.25, 0.3) is 0 Å². The van der Waals surface area contributed by atoms with E-state index in [2.05, 4.69) is 19.1 Å². The summed E-state index contributed by atoms with van der Waals surface area (Å²) in [6.07, 6.45) is 0. The average Bonchev–Trinajstić information content (AvgIpc) is 2.09. The van der Waals surface area contributed by atoms with Gasteiger partial charge in [-0.05, 0) is 25.5 Å². The monoisotopic (exact) mass is 177 g/mol. The molecule has 0 aliphatic heterocycles. The fourth-order valence-corrected chi connectivity index (χ4v) is 1.75. The second kappa shape index (κ2) is 4.18. The second-order valence-corrected chi connectivity index (χ2v) is 4.04. The molecule has 0 N–H and O–H groups in total. The minimum atomic E-state index is 0.0334. The molecule has 0 aromatic heterocycles. The van der Waals surface area contributed by atoms with Crippen molar-refractivity contribution in [3.63, 3.8) is 0 Å². The Hall–Kier alpha value is -0.940. The van der Waals surface area contributed by atoms with Crippen molar-refractivity contribution >= 4 is 11.8 Å². The quantitative estimate of drug-likeness (QED) is 0.648. The van der Waals surface area contributed by atoms with Gasteiger partial charge in [0, 0.05) is 4.90 Å².